The minimum Gasteiger partial charge on any atom is -0.481 e. The van der Waals surface area contributed by atoms with E-state index in [1.807, 2.05) is 13.0 Å². The summed E-state index contributed by atoms with van der Waals surface area (Å²) in [5, 5.41) is 19.5. The summed E-state index contributed by atoms with van der Waals surface area (Å²) in [6.07, 6.45) is 0.282. The molecule has 0 aromatic carbocycles. The summed E-state index contributed by atoms with van der Waals surface area (Å²) in [6, 6.07) is 4.81. The Labute approximate surface area is 105 Å². The van der Waals surface area contributed by atoms with Gasteiger partial charge in [0.05, 0.1) is 24.5 Å². The molecule has 0 unspecified atom stereocenters. The van der Waals surface area contributed by atoms with Crippen LogP contribution in [-0.2, 0) is 0 Å². The Morgan fingerprint density at radius 3 is 2.83 bits per heavy atom. The van der Waals surface area contributed by atoms with E-state index >= 15 is 0 Å². The lowest BCUT2D eigenvalue weighted by atomic mass is 10.3. The molecule has 0 fully saturated rings. The molecule has 0 aliphatic rings. The molecule has 0 aliphatic heterocycles. The van der Waals surface area contributed by atoms with Gasteiger partial charge in [-0.05, 0) is 6.92 Å². The fourth-order valence-electron chi connectivity index (χ4n) is 1.51. The van der Waals surface area contributed by atoms with E-state index in [0.29, 0.717) is 19.0 Å². The van der Waals surface area contributed by atoms with Crippen LogP contribution in [0.4, 0.5) is 11.5 Å². The van der Waals surface area contributed by atoms with Gasteiger partial charge in [-0.3, -0.25) is 10.1 Å². The Morgan fingerprint density at radius 2 is 2.33 bits per heavy atom. The second-order valence-corrected chi connectivity index (χ2v) is 3.44. The van der Waals surface area contributed by atoms with Gasteiger partial charge >= 0.3 is 5.69 Å². The van der Waals surface area contributed by atoms with Crippen molar-refractivity contribution >= 4 is 11.5 Å². The Balaban J connectivity index is 3.16. The summed E-state index contributed by atoms with van der Waals surface area (Å²) in [5.41, 5.74) is -0.0874. The Bertz CT molecular complexity index is 470. The van der Waals surface area contributed by atoms with Crippen LogP contribution in [0.5, 0.6) is 5.88 Å². The van der Waals surface area contributed by atoms with Crippen LogP contribution in [0.3, 0.4) is 0 Å². The molecule has 0 aliphatic carbocycles. The molecule has 0 saturated carbocycles. The number of methoxy groups -OCH3 is 1. The molecule has 0 amide bonds. The molecule has 1 rings (SSSR count). The minimum atomic E-state index is -0.489. The number of pyridine rings is 1. The van der Waals surface area contributed by atoms with Crippen LogP contribution < -0.4 is 9.64 Å². The number of hydrogen-bond donors (Lipinski definition) is 0. The van der Waals surface area contributed by atoms with Crippen molar-refractivity contribution in [1.29, 1.82) is 5.26 Å². The standard InChI is InChI=1S/C11H14N4O3/c1-3-14(8-4-7-12)11-9(15(16)17)5-6-10(13-11)18-2/h5-6H,3-4,8H2,1-2H3. The normalized spacial score (nSPS) is 9.61. The Kier molecular flexibility index (Phi) is 4.87. The molecular weight excluding hydrogens is 236 g/mol. The molecule has 0 radical (unpaired) electrons. The van der Waals surface area contributed by atoms with Crippen molar-refractivity contribution in [3.05, 3.63) is 22.2 Å². The van der Waals surface area contributed by atoms with Crippen molar-refractivity contribution in [1.82, 2.24) is 4.98 Å². The van der Waals surface area contributed by atoms with Crippen LogP contribution >= 0.6 is 0 Å². The van der Waals surface area contributed by atoms with Crippen molar-refractivity contribution < 1.29 is 9.66 Å². The second kappa shape index (κ2) is 6.39. The SMILES string of the molecule is CCN(CCC#N)c1nc(OC)ccc1[N+](=O)[O-]. The zero-order valence-corrected chi connectivity index (χ0v) is 10.3. The van der Waals surface area contributed by atoms with Gasteiger partial charge in [0.25, 0.3) is 0 Å². The first kappa shape index (κ1) is 13.7. The van der Waals surface area contributed by atoms with Crippen molar-refractivity contribution in [2.75, 3.05) is 25.1 Å². The third-order valence-corrected chi connectivity index (χ3v) is 2.41. The molecule has 0 bridgehead atoms. The maximum atomic E-state index is 10.9. The van der Waals surface area contributed by atoms with Crippen molar-refractivity contribution in [2.24, 2.45) is 0 Å². The van der Waals surface area contributed by atoms with Crippen LogP contribution in [0.1, 0.15) is 13.3 Å². The van der Waals surface area contributed by atoms with Gasteiger partial charge in [0.15, 0.2) is 0 Å². The molecular formula is C11H14N4O3. The number of nitro groups is 1. The third-order valence-electron chi connectivity index (χ3n) is 2.41. The van der Waals surface area contributed by atoms with Crippen molar-refractivity contribution in [2.45, 2.75) is 13.3 Å². The maximum absolute atomic E-state index is 10.9. The Morgan fingerprint density at radius 1 is 1.61 bits per heavy atom. The van der Waals surface area contributed by atoms with Gasteiger partial charge in [0.1, 0.15) is 0 Å². The van der Waals surface area contributed by atoms with Gasteiger partial charge in [-0.1, -0.05) is 0 Å². The monoisotopic (exact) mass is 250 g/mol. The molecule has 0 atom stereocenters. The molecule has 1 heterocycles. The second-order valence-electron chi connectivity index (χ2n) is 3.44. The van der Waals surface area contributed by atoms with Crippen LogP contribution in [0.15, 0.2) is 12.1 Å². The average Bonchev–Trinajstić information content (AvgIpc) is 2.39. The van der Waals surface area contributed by atoms with Crippen molar-refractivity contribution in [3.8, 4) is 11.9 Å². The number of ether oxygens (including phenoxy) is 1. The highest BCUT2D eigenvalue weighted by atomic mass is 16.6. The van der Waals surface area contributed by atoms with Gasteiger partial charge in [0, 0.05) is 25.2 Å². The number of rotatable bonds is 6. The van der Waals surface area contributed by atoms with E-state index in [-0.39, 0.29) is 17.9 Å². The summed E-state index contributed by atoms with van der Waals surface area (Å²) in [7, 11) is 1.45. The number of anilines is 1. The van der Waals surface area contributed by atoms with Gasteiger partial charge in [-0.15, -0.1) is 0 Å². The quantitative estimate of drug-likeness (QED) is 0.564. The van der Waals surface area contributed by atoms with Crippen LogP contribution in [0, 0.1) is 21.4 Å². The smallest absolute Gasteiger partial charge is 0.311 e. The molecule has 18 heavy (non-hydrogen) atoms. The lowest BCUT2D eigenvalue weighted by Gasteiger charge is -2.20. The molecule has 7 nitrogen and oxygen atoms in total. The lowest BCUT2D eigenvalue weighted by molar-refractivity contribution is -0.384. The first-order chi connectivity index (χ1) is 8.63. The van der Waals surface area contributed by atoms with E-state index < -0.39 is 4.92 Å². The number of nitriles is 1. The van der Waals surface area contributed by atoms with Gasteiger partial charge in [-0.2, -0.15) is 10.2 Å². The number of nitrogens with zero attached hydrogens (tertiary/aromatic N) is 4. The van der Waals surface area contributed by atoms with Crippen LogP contribution in [-0.4, -0.2) is 30.1 Å². The van der Waals surface area contributed by atoms with E-state index in [9.17, 15) is 10.1 Å². The summed E-state index contributed by atoms with van der Waals surface area (Å²) < 4.78 is 4.96. The highest BCUT2D eigenvalue weighted by molar-refractivity contribution is 5.59. The summed E-state index contributed by atoms with van der Waals surface area (Å²) in [4.78, 5) is 16.2. The third kappa shape index (κ3) is 3.07. The highest BCUT2D eigenvalue weighted by Crippen LogP contribution is 2.28. The largest absolute Gasteiger partial charge is 0.481 e. The fourth-order valence-corrected chi connectivity index (χ4v) is 1.51. The van der Waals surface area contributed by atoms with E-state index in [0.717, 1.165) is 0 Å². The van der Waals surface area contributed by atoms with E-state index in [4.69, 9.17) is 10.00 Å². The lowest BCUT2D eigenvalue weighted by Crippen LogP contribution is -2.25. The minimum absolute atomic E-state index is 0.0874. The summed E-state index contributed by atoms with van der Waals surface area (Å²) >= 11 is 0. The first-order valence-electron chi connectivity index (χ1n) is 5.45. The molecule has 0 spiro atoms. The fraction of sp³-hybridized carbons (Fsp3) is 0.455. The topological polar surface area (TPSA) is 92.3 Å². The molecule has 0 saturated heterocycles. The maximum Gasteiger partial charge on any atom is 0.311 e. The first-order valence-corrected chi connectivity index (χ1v) is 5.45. The van der Waals surface area contributed by atoms with Crippen LogP contribution in [0.25, 0.3) is 0 Å². The molecule has 1 aromatic heterocycles. The predicted molar refractivity (Wildman–Crippen MR) is 65.6 cm³/mol. The van der Waals surface area contributed by atoms with Gasteiger partial charge < -0.3 is 9.64 Å². The zero-order valence-electron chi connectivity index (χ0n) is 10.3. The van der Waals surface area contributed by atoms with Gasteiger partial charge in [-0.25, -0.2) is 0 Å². The van der Waals surface area contributed by atoms with E-state index in [1.54, 1.807) is 4.90 Å². The predicted octanol–water partition coefficient (Wildman–Crippen LogP) is 1.74. The zero-order chi connectivity index (χ0) is 13.5. The summed E-state index contributed by atoms with van der Waals surface area (Å²) in [6.45, 7) is 2.78. The van der Waals surface area contributed by atoms with E-state index in [1.165, 1.54) is 19.2 Å². The number of aromatic nitrogens is 1. The number of hydrogen-bond acceptors (Lipinski definition) is 6. The molecule has 0 N–H and O–H groups in total. The molecule has 96 valence electrons. The Hall–Kier alpha value is -2.36. The highest BCUT2D eigenvalue weighted by Gasteiger charge is 2.21. The van der Waals surface area contributed by atoms with Crippen molar-refractivity contribution in [3.63, 3.8) is 0 Å². The molecule has 7 heteroatoms. The molecule has 1 aromatic rings. The van der Waals surface area contributed by atoms with E-state index in [2.05, 4.69) is 4.98 Å². The average molecular weight is 250 g/mol. The van der Waals surface area contributed by atoms with Crippen LogP contribution in [0.2, 0.25) is 0 Å². The summed E-state index contributed by atoms with van der Waals surface area (Å²) in [5.74, 6) is 0.545. The van der Waals surface area contributed by atoms with Gasteiger partial charge in [0.2, 0.25) is 11.7 Å².